The number of para-hydroxylation sites is 1. The van der Waals surface area contributed by atoms with Gasteiger partial charge in [-0.25, -0.2) is 0 Å². The van der Waals surface area contributed by atoms with E-state index in [9.17, 15) is 0 Å². The Morgan fingerprint density at radius 1 is 0.655 bits per heavy atom. The largest absolute Gasteiger partial charge is 0.383 e. The molecule has 0 unspecified atom stereocenters. The van der Waals surface area contributed by atoms with Crippen molar-refractivity contribution in [2.45, 2.75) is 3.74 Å². The Morgan fingerprint density at radius 2 is 1.28 bits per heavy atom. The molecular weight excluding hydrogens is 492 g/mol. The molecule has 0 aliphatic carbocycles. The van der Waals surface area contributed by atoms with Crippen LogP contribution in [0.2, 0.25) is 0 Å². The lowest BCUT2D eigenvalue weighted by atomic mass is 10.1. The van der Waals surface area contributed by atoms with Crippen LogP contribution in [-0.4, -0.2) is 25.2 Å². The Kier molecular flexibility index (Phi) is 8.34. The van der Waals surface area contributed by atoms with Gasteiger partial charge in [-0.3, -0.25) is 15.0 Å². The first kappa shape index (κ1) is 21.1. The van der Waals surface area contributed by atoms with Crippen molar-refractivity contribution in [1.29, 1.82) is 0 Å². The van der Waals surface area contributed by atoms with Crippen LogP contribution >= 0.6 is 31.9 Å². The van der Waals surface area contributed by atoms with Gasteiger partial charge in [-0.15, -0.1) is 0 Å². The van der Waals surface area contributed by atoms with Gasteiger partial charge in [0.2, 0.25) is 0 Å². The summed E-state index contributed by atoms with van der Waals surface area (Å²) in [6.07, 6.45) is 5.33. The van der Waals surface area contributed by atoms with Crippen LogP contribution in [0.4, 0.5) is 5.69 Å². The van der Waals surface area contributed by atoms with Crippen molar-refractivity contribution in [2.75, 3.05) is 11.9 Å². The molecule has 1 N–H and O–H groups in total. The molecule has 4 aromatic rings. The first-order valence-electron chi connectivity index (χ1n) is 9.09. The van der Waals surface area contributed by atoms with Gasteiger partial charge in [0.1, 0.15) is 0 Å². The third-order valence-electron chi connectivity index (χ3n) is 3.89. The van der Waals surface area contributed by atoms with E-state index in [1.165, 1.54) is 0 Å². The second-order valence-electron chi connectivity index (χ2n) is 5.97. The number of anilines is 1. The summed E-state index contributed by atoms with van der Waals surface area (Å²) < 4.78 is 0.329. The van der Waals surface area contributed by atoms with E-state index in [1.54, 1.807) is 18.6 Å². The summed E-state index contributed by atoms with van der Waals surface area (Å²) >= 11 is 6.77. The van der Waals surface area contributed by atoms with E-state index in [-0.39, 0.29) is 0 Å². The number of aromatic nitrogens is 3. The van der Waals surface area contributed by atoms with Gasteiger partial charge in [0.15, 0.2) is 0 Å². The van der Waals surface area contributed by atoms with E-state index < -0.39 is 0 Å². The van der Waals surface area contributed by atoms with Crippen LogP contribution in [0.5, 0.6) is 0 Å². The van der Waals surface area contributed by atoms with Gasteiger partial charge in [-0.1, -0.05) is 62.2 Å². The summed E-state index contributed by atoms with van der Waals surface area (Å²) in [5, 5.41) is 3.25. The maximum Gasteiger partial charge on any atom is 0.0980 e. The summed E-state index contributed by atoms with van der Waals surface area (Å²) in [4.78, 5) is 13.1. The predicted molar refractivity (Wildman–Crippen MR) is 127 cm³/mol. The molecule has 3 heterocycles. The van der Waals surface area contributed by atoms with Crippen LogP contribution in [0.3, 0.4) is 0 Å². The summed E-state index contributed by atoms with van der Waals surface area (Å²) in [7, 11) is 0. The number of hydrogen-bond donors (Lipinski definition) is 1. The van der Waals surface area contributed by atoms with Crippen molar-refractivity contribution in [3.8, 4) is 22.6 Å². The molecule has 0 spiro atoms. The topological polar surface area (TPSA) is 50.7 Å². The number of halogens is 2. The summed E-state index contributed by atoms with van der Waals surface area (Å²) in [6, 6.07) is 25.7. The highest BCUT2D eigenvalue weighted by Gasteiger charge is 2.09. The molecule has 1 aromatic carbocycles. The average molecular weight is 512 g/mol. The highest BCUT2D eigenvalue weighted by Crippen LogP contribution is 2.26. The van der Waals surface area contributed by atoms with Gasteiger partial charge in [-0.05, 0) is 48.5 Å². The number of nitrogens with zero attached hydrogens (tertiary/aromatic N) is 3. The van der Waals surface area contributed by atoms with Crippen molar-refractivity contribution in [3.63, 3.8) is 0 Å². The first-order chi connectivity index (χ1) is 14.2. The summed E-state index contributed by atoms with van der Waals surface area (Å²) in [5.41, 5.74) is 4.77. The standard InChI is InChI=1S/C15H11N3.C8H9Br2N/c1-3-9-16-13(7-1)12-6-5-11-18-15(12)14-8-2-4-10-17-14;9-8(10)6-11-7-4-2-1-3-5-7/h1-11H;1-5,8,11H,6H2. The van der Waals surface area contributed by atoms with E-state index >= 15 is 0 Å². The average Bonchev–Trinajstić information content (AvgIpc) is 2.80. The number of nitrogens with one attached hydrogen (secondary N) is 1. The van der Waals surface area contributed by atoms with Gasteiger partial charge in [0.25, 0.3) is 0 Å². The molecule has 0 aliphatic heterocycles. The lowest BCUT2D eigenvalue weighted by molar-refractivity contribution is 1.20. The number of alkyl halides is 2. The van der Waals surface area contributed by atoms with Crippen molar-refractivity contribution in [3.05, 3.63) is 97.5 Å². The molecule has 0 fully saturated rings. The van der Waals surface area contributed by atoms with Crippen LogP contribution in [0.1, 0.15) is 0 Å². The second-order valence-corrected chi connectivity index (χ2v) is 9.41. The molecule has 0 amide bonds. The molecule has 0 aliphatic rings. The van der Waals surface area contributed by atoms with Gasteiger partial charge in [0, 0.05) is 36.4 Å². The minimum atomic E-state index is 0.329. The molecule has 146 valence electrons. The van der Waals surface area contributed by atoms with Gasteiger partial charge >= 0.3 is 0 Å². The quantitative estimate of drug-likeness (QED) is 0.314. The molecule has 4 nitrogen and oxygen atoms in total. The van der Waals surface area contributed by atoms with E-state index in [4.69, 9.17) is 0 Å². The minimum Gasteiger partial charge on any atom is -0.383 e. The van der Waals surface area contributed by atoms with Crippen molar-refractivity contribution in [2.24, 2.45) is 0 Å². The highest BCUT2D eigenvalue weighted by atomic mass is 79.9. The van der Waals surface area contributed by atoms with Crippen LogP contribution in [0.25, 0.3) is 22.6 Å². The number of rotatable bonds is 5. The van der Waals surface area contributed by atoms with Crippen LogP contribution < -0.4 is 5.32 Å². The molecule has 0 radical (unpaired) electrons. The van der Waals surface area contributed by atoms with E-state index in [2.05, 4.69) is 52.1 Å². The summed E-state index contributed by atoms with van der Waals surface area (Å²) in [5.74, 6) is 0. The minimum absolute atomic E-state index is 0.329. The fourth-order valence-electron chi connectivity index (χ4n) is 2.59. The third-order valence-corrected chi connectivity index (χ3v) is 4.54. The molecule has 0 bridgehead atoms. The molecule has 0 atom stereocenters. The number of benzene rings is 1. The second kappa shape index (κ2) is 11.4. The van der Waals surface area contributed by atoms with E-state index in [0.29, 0.717) is 3.74 Å². The normalized spacial score (nSPS) is 10.2. The molecular formula is C23H20Br2N4. The highest BCUT2D eigenvalue weighted by molar-refractivity contribution is 9.24. The first-order valence-corrected chi connectivity index (χ1v) is 10.9. The predicted octanol–water partition coefficient (Wildman–Crippen LogP) is 6.42. The maximum atomic E-state index is 4.42. The molecule has 0 saturated heterocycles. The fraction of sp³-hybridized carbons (Fsp3) is 0.0870. The SMILES string of the molecule is BrC(Br)CNc1ccccc1.c1ccc(-c2cccnc2-c2ccccn2)nc1. The number of hydrogen-bond acceptors (Lipinski definition) is 4. The molecule has 4 rings (SSSR count). The lowest BCUT2D eigenvalue weighted by Crippen LogP contribution is -2.07. The molecule has 6 heteroatoms. The molecule has 3 aromatic heterocycles. The Hall–Kier alpha value is -2.57. The zero-order valence-electron chi connectivity index (χ0n) is 15.6. The molecule has 29 heavy (non-hydrogen) atoms. The van der Waals surface area contributed by atoms with Crippen LogP contribution in [-0.2, 0) is 0 Å². The Morgan fingerprint density at radius 3 is 1.90 bits per heavy atom. The third kappa shape index (κ3) is 6.76. The smallest absolute Gasteiger partial charge is 0.0980 e. The Bertz CT molecular complexity index is 923. The zero-order chi connectivity index (χ0) is 20.3. The summed E-state index contributed by atoms with van der Waals surface area (Å²) in [6.45, 7) is 0.879. The monoisotopic (exact) mass is 510 g/mol. The van der Waals surface area contributed by atoms with Crippen molar-refractivity contribution >= 4 is 37.5 Å². The van der Waals surface area contributed by atoms with Gasteiger partial charge < -0.3 is 5.32 Å². The van der Waals surface area contributed by atoms with E-state index in [1.807, 2.05) is 78.9 Å². The van der Waals surface area contributed by atoms with Crippen molar-refractivity contribution < 1.29 is 0 Å². The number of pyridine rings is 3. The Balaban J connectivity index is 0.000000188. The van der Waals surface area contributed by atoms with Crippen LogP contribution in [0.15, 0.2) is 97.5 Å². The van der Waals surface area contributed by atoms with Gasteiger partial charge in [0.05, 0.1) is 20.8 Å². The van der Waals surface area contributed by atoms with E-state index in [0.717, 1.165) is 34.9 Å². The Labute approximate surface area is 187 Å². The maximum absolute atomic E-state index is 4.42. The molecule has 0 saturated carbocycles. The van der Waals surface area contributed by atoms with Crippen molar-refractivity contribution in [1.82, 2.24) is 15.0 Å². The fourth-order valence-corrected chi connectivity index (χ4v) is 2.92. The lowest BCUT2D eigenvalue weighted by Gasteiger charge is -2.06. The van der Waals surface area contributed by atoms with Crippen LogP contribution in [0, 0.1) is 0 Å². The van der Waals surface area contributed by atoms with Gasteiger partial charge in [-0.2, -0.15) is 0 Å². The zero-order valence-corrected chi connectivity index (χ0v) is 18.8.